The summed E-state index contributed by atoms with van der Waals surface area (Å²) < 4.78 is 0. The van der Waals surface area contributed by atoms with Gasteiger partial charge in [0.15, 0.2) is 0 Å². The van der Waals surface area contributed by atoms with Crippen LogP contribution in [0, 0.1) is 6.92 Å². The van der Waals surface area contributed by atoms with Gasteiger partial charge < -0.3 is 15.4 Å². The normalized spacial score (nSPS) is 17.1. The van der Waals surface area contributed by atoms with Gasteiger partial charge in [-0.15, -0.1) is 0 Å². The van der Waals surface area contributed by atoms with Crippen LogP contribution in [0.1, 0.15) is 52.8 Å². The highest BCUT2D eigenvalue weighted by Gasteiger charge is 2.27. The van der Waals surface area contributed by atoms with Gasteiger partial charge >= 0.3 is 5.97 Å². The molecule has 0 bridgehead atoms. The fourth-order valence-electron chi connectivity index (χ4n) is 4.08. The number of carbonyl (C=O) groups excluding carboxylic acids is 1. The summed E-state index contributed by atoms with van der Waals surface area (Å²) in [4.78, 5) is 26.8. The van der Waals surface area contributed by atoms with Crippen molar-refractivity contribution in [3.8, 4) is 0 Å². The lowest BCUT2D eigenvalue weighted by atomic mass is 9.91. The third-order valence-corrected chi connectivity index (χ3v) is 5.47. The number of aromatic nitrogens is 1. The zero-order chi connectivity index (χ0) is 18.3. The average Bonchev–Trinajstić information content (AvgIpc) is 3.16. The van der Waals surface area contributed by atoms with Crippen molar-refractivity contribution < 1.29 is 14.7 Å². The van der Waals surface area contributed by atoms with Crippen LogP contribution in [0.5, 0.6) is 0 Å². The first-order valence-electron chi connectivity index (χ1n) is 9.11. The molecule has 3 N–H and O–H groups in total. The van der Waals surface area contributed by atoms with E-state index in [-0.39, 0.29) is 12.3 Å². The van der Waals surface area contributed by atoms with E-state index >= 15 is 0 Å². The number of hydrogen-bond donors (Lipinski definition) is 3. The van der Waals surface area contributed by atoms with Crippen molar-refractivity contribution in [2.45, 2.75) is 45.4 Å². The smallest absolute Gasteiger partial charge is 0.303 e. The Labute approximate surface area is 152 Å². The Balaban J connectivity index is 1.75. The number of carboxylic acids is 1. The van der Waals surface area contributed by atoms with Gasteiger partial charge in [0, 0.05) is 35.1 Å². The molecule has 134 valence electrons. The van der Waals surface area contributed by atoms with Crippen LogP contribution in [0.25, 0.3) is 11.6 Å². The Hall–Kier alpha value is -2.82. The molecule has 0 fully saturated rings. The Kier molecular flexibility index (Phi) is 4.15. The number of benzene rings is 1. The second kappa shape index (κ2) is 6.48. The van der Waals surface area contributed by atoms with Crippen molar-refractivity contribution in [3.05, 3.63) is 51.8 Å². The van der Waals surface area contributed by atoms with Crippen molar-refractivity contribution in [1.29, 1.82) is 0 Å². The number of rotatable bonds is 4. The quantitative estimate of drug-likeness (QED) is 0.735. The summed E-state index contributed by atoms with van der Waals surface area (Å²) in [5.74, 6) is -0.905. The molecule has 1 aliphatic carbocycles. The van der Waals surface area contributed by atoms with Crippen LogP contribution in [-0.4, -0.2) is 22.0 Å². The molecule has 0 atom stereocenters. The van der Waals surface area contributed by atoms with Gasteiger partial charge in [-0.05, 0) is 73.4 Å². The molecule has 2 heterocycles. The highest BCUT2D eigenvalue weighted by molar-refractivity contribution is 6.35. The number of aryl methyl sites for hydroxylation is 2. The van der Waals surface area contributed by atoms with Gasteiger partial charge in [0.2, 0.25) is 0 Å². The number of aliphatic carboxylic acids is 1. The van der Waals surface area contributed by atoms with E-state index in [0.717, 1.165) is 40.8 Å². The van der Waals surface area contributed by atoms with Crippen molar-refractivity contribution in [2.75, 3.05) is 5.32 Å². The summed E-state index contributed by atoms with van der Waals surface area (Å²) in [7, 11) is 0. The molecule has 2 aromatic rings. The van der Waals surface area contributed by atoms with Gasteiger partial charge in [-0.2, -0.15) is 0 Å². The molecule has 5 heteroatoms. The van der Waals surface area contributed by atoms with Crippen LogP contribution in [-0.2, 0) is 28.9 Å². The lowest BCUT2D eigenvalue weighted by molar-refractivity contribution is -0.137. The zero-order valence-corrected chi connectivity index (χ0v) is 14.8. The van der Waals surface area contributed by atoms with E-state index in [4.69, 9.17) is 5.11 Å². The lowest BCUT2D eigenvalue weighted by Gasteiger charge is -2.12. The molecule has 1 amide bonds. The molecule has 0 saturated heterocycles. The van der Waals surface area contributed by atoms with Crippen LogP contribution in [0.3, 0.4) is 0 Å². The van der Waals surface area contributed by atoms with Crippen LogP contribution >= 0.6 is 0 Å². The Morgan fingerprint density at radius 1 is 1.27 bits per heavy atom. The SMILES string of the molecule is Cc1c(CCC(=O)O)ccc2c1C(=Cc1c[nH]c3c1CCCC3)C(=O)N2. The number of carbonyl (C=O) groups is 2. The number of H-pyrrole nitrogens is 1. The maximum absolute atomic E-state index is 12.6. The number of carboxylic acid groups (broad SMARTS) is 1. The van der Waals surface area contributed by atoms with Gasteiger partial charge in [0.25, 0.3) is 5.91 Å². The number of aromatic amines is 1. The van der Waals surface area contributed by atoms with Gasteiger partial charge in [0.1, 0.15) is 0 Å². The maximum atomic E-state index is 12.6. The molecule has 1 aliphatic heterocycles. The number of fused-ring (bicyclic) bond motifs is 2. The summed E-state index contributed by atoms with van der Waals surface area (Å²) in [5.41, 5.74) is 8.04. The van der Waals surface area contributed by atoms with Crippen LogP contribution in [0.2, 0.25) is 0 Å². The second-order valence-corrected chi connectivity index (χ2v) is 7.09. The molecule has 4 rings (SSSR count). The monoisotopic (exact) mass is 350 g/mol. The third kappa shape index (κ3) is 2.83. The fourth-order valence-corrected chi connectivity index (χ4v) is 4.08. The van der Waals surface area contributed by atoms with Gasteiger partial charge in [-0.1, -0.05) is 6.07 Å². The summed E-state index contributed by atoms with van der Waals surface area (Å²) in [6.45, 7) is 1.97. The Morgan fingerprint density at radius 3 is 2.88 bits per heavy atom. The molecule has 2 aliphatic rings. The van der Waals surface area contributed by atoms with Gasteiger partial charge in [-0.3, -0.25) is 9.59 Å². The highest BCUT2D eigenvalue weighted by atomic mass is 16.4. The first kappa shape index (κ1) is 16.6. The number of amides is 1. The van der Waals surface area contributed by atoms with Crippen molar-refractivity contribution in [2.24, 2.45) is 0 Å². The number of nitrogens with one attached hydrogen (secondary N) is 2. The first-order chi connectivity index (χ1) is 12.5. The number of hydrogen-bond acceptors (Lipinski definition) is 2. The first-order valence-corrected chi connectivity index (χ1v) is 9.11. The summed E-state index contributed by atoms with van der Waals surface area (Å²) in [6, 6.07) is 3.79. The Morgan fingerprint density at radius 2 is 2.08 bits per heavy atom. The van der Waals surface area contributed by atoms with E-state index in [1.54, 1.807) is 0 Å². The third-order valence-electron chi connectivity index (χ3n) is 5.47. The molecule has 0 radical (unpaired) electrons. The van der Waals surface area contributed by atoms with E-state index in [1.807, 2.05) is 31.3 Å². The van der Waals surface area contributed by atoms with Crippen LogP contribution in [0.15, 0.2) is 18.3 Å². The zero-order valence-electron chi connectivity index (χ0n) is 14.8. The average molecular weight is 350 g/mol. The summed E-state index contributed by atoms with van der Waals surface area (Å²) in [5, 5.41) is 11.9. The Bertz CT molecular complexity index is 937. The van der Waals surface area contributed by atoms with Gasteiger partial charge in [0.05, 0.1) is 0 Å². The molecule has 0 unspecified atom stereocenters. The van der Waals surface area contributed by atoms with Crippen molar-refractivity contribution in [1.82, 2.24) is 4.98 Å². The number of anilines is 1. The van der Waals surface area contributed by atoms with Crippen LogP contribution < -0.4 is 5.32 Å². The van der Waals surface area contributed by atoms with Crippen molar-refractivity contribution >= 4 is 29.2 Å². The minimum Gasteiger partial charge on any atom is -0.481 e. The lowest BCUT2D eigenvalue weighted by Crippen LogP contribution is -2.04. The molecular weight excluding hydrogens is 328 g/mol. The fraction of sp³-hybridized carbons (Fsp3) is 0.333. The molecular formula is C21H22N2O3. The van der Waals surface area contributed by atoms with E-state index in [9.17, 15) is 9.59 Å². The summed E-state index contributed by atoms with van der Waals surface area (Å²) in [6.07, 6.45) is 9.04. The molecule has 5 nitrogen and oxygen atoms in total. The molecule has 1 aromatic carbocycles. The predicted octanol–water partition coefficient (Wildman–Crippen LogP) is 3.71. The van der Waals surface area contributed by atoms with E-state index in [1.165, 1.54) is 24.1 Å². The largest absolute Gasteiger partial charge is 0.481 e. The van der Waals surface area contributed by atoms with Crippen LogP contribution in [0.4, 0.5) is 5.69 Å². The van der Waals surface area contributed by atoms with Crippen molar-refractivity contribution in [3.63, 3.8) is 0 Å². The minimum atomic E-state index is -0.811. The maximum Gasteiger partial charge on any atom is 0.303 e. The predicted molar refractivity (Wildman–Crippen MR) is 101 cm³/mol. The van der Waals surface area contributed by atoms with E-state index in [2.05, 4.69) is 10.3 Å². The standard InChI is InChI=1S/C21H22N2O3/c1-12-13(7-9-19(24)25)6-8-18-20(12)16(21(26)23-18)10-14-11-22-17-5-3-2-4-15(14)17/h6,8,10-11,22H,2-5,7,9H2,1H3,(H,23,26)(H,24,25). The highest BCUT2D eigenvalue weighted by Crippen LogP contribution is 2.38. The topological polar surface area (TPSA) is 82.2 Å². The minimum absolute atomic E-state index is 0.0887. The second-order valence-electron chi connectivity index (χ2n) is 7.09. The summed E-state index contributed by atoms with van der Waals surface area (Å²) >= 11 is 0. The molecule has 1 aromatic heterocycles. The van der Waals surface area contributed by atoms with E-state index < -0.39 is 5.97 Å². The molecule has 0 spiro atoms. The molecule has 0 saturated carbocycles. The van der Waals surface area contributed by atoms with Gasteiger partial charge in [-0.25, -0.2) is 0 Å². The van der Waals surface area contributed by atoms with E-state index in [0.29, 0.717) is 12.0 Å². The molecule has 26 heavy (non-hydrogen) atoms.